The van der Waals surface area contributed by atoms with Crippen molar-refractivity contribution >= 4 is 29.1 Å². The predicted molar refractivity (Wildman–Crippen MR) is 127 cm³/mol. The van der Waals surface area contributed by atoms with E-state index in [1.165, 1.54) is 0 Å². The lowest BCUT2D eigenvalue weighted by molar-refractivity contribution is -0.136. The third-order valence-corrected chi connectivity index (χ3v) is 6.46. The molecule has 0 aliphatic carbocycles. The number of nitrogens with zero attached hydrogens (tertiary/aromatic N) is 4. The molecule has 1 aromatic carbocycles. The summed E-state index contributed by atoms with van der Waals surface area (Å²) in [4.78, 5) is 43.5. The van der Waals surface area contributed by atoms with E-state index in [2.05, 4.69) is 38.1 Å². The van der Waals surface area contributed by atoms with E-state index in [9.17, 15) is 14.4 Å². The third-order valence-electron chi connectivity index (χ3n) is 6.46. The minimum Gasteiger partial charge on any atom is -0.353 e. The second-order valence-corrected chi connectivity index (χ2v) is 8.76. The van der Waals surface area contributed by atoms with Crippen LogP contribution in [0.2, 0.25) is 0 Å². The summed E-state index contributed by atoms with van der Waals surface area (Å²) in [6.45, 7) is 4.74. The van der Waals surface area contributed by atoms with Gasteiger partial charge in [0.1, 0.15) is 0 Å². The summed E-state index contributed by atoms with van der Waals surface area (Å²) in [5.74, 6) is -1.32. The highest BCUT2D eigenvalue weighted by Crippen LogP contribution is 2.24. The van der Waals surface area contributed by atoms with Gasteiger partial charge in [0.05, 0.1) is 6.04 Å². The smallest absolute Gasteiger partial charge is 0.313 e. The Morgan fingerprint density at radius 2 is 1.79 bits per heavy atom. The number of amides is 3. The van der Waals surface area contributed by atoms with Crippen LogP contribution in [0.15, 0.2) is 42.6 Å². The zero-order chi connectivity index (χ0) is 23.4. The van der Waals surface area contributed by atoms with Gasteiger partial charge in [0.15, 0.2) is 0 Å². The maximum Gasteiger partial charge on any atom is 0.313 e. The van der Waals surface area contributed by atoms with Crippen LogP contribution in [0.25, 0.3) is 0 Å². The Morgan fingerprint density at radius 3 is 2.45 bits per heavy atom. The number of hydrogen-bond donors (Lipinski definition) is 2. The summed E-state index contributed by atoms with van der Waals surface area (Å²) in [7, 11) is 4.10. The van der Waals surface area contributed by atoms with Crippen LogP contribution in [0.4, 0.5) is 11.4 Å². The fourth-order valence-electron chi connectivity index (χ4n) is 4.51. The first-order chi connectivity index (χ1) is 15.9. The molecule has 1 aromatic heterocycles. The van der Waals surface area contributed by atoms with E-state index in [4.69, 9.17) is 0 Å². The summed E-state index contributed by atoms with van der Waals surface area (Å²) < 4.78 is 2.06. The number of aryl methyl sites for hydroxylation is 1. The molecule has 2 aliphatic heterocycles. The van der Waals surface area contributed by atoms with Crippen molar-refractivity contribution in [3.63, 3.8) is 0 Å². The molecule has 2 aliphatic rings. The number of carbonyl (C=O) groups is 3. The van der Waals surface area contributed by atoms with E-state index in [1.54, 1.807) is 23.1 Å². The molecule has 3 amide bonds. The SMILES string of the molecule is CN1CCN(C(CNC(=O)C(=O)Nc2cccc(N3CCCC3=O)c2)c2cccn2C)CC1. The van der Waals surface area contributed by atoms with E-state index in [-0.39, 0.29) is 11.9 Å². The lowest BCUT2D eigenvalue weighted by Gasteiger charge is -2.38. The second-order valence-electron chi connectivity index (χ2n) is 8.76. The average molecular weight is 453 g/mol. The number of nitrogens with one attached hydrogen (secondary N) is 2. The van der Waals surface area contributed by atoms with Crippen molar-refractivity contribution < 1.29 is 14.4 Å². The molecule has 0 spiro atoms. The van der Waals surface area contributed by atoms with Crippen molar-refractivity contribution in [1.29, 1.82) is 0 Å². The van der Waals surface area contributed by atoms with E-state index in [0.29, 0.717) is 25.2 Å². The van der Waals surface area contributed by atoms with E-state index >= 15 is 0 Å². The zero-order valence-corrected chi connectivity index (χ0v) is 19.3. The quantitative estimate of drug-likeness (QED) is 0.643. The van der Waals surface area contributed by atoms with Gasteiger partial charge in [0.2, 0.25) is 5.91 Å². The van der Waals surface area contributed by atoms with Gasteiger partial charge in [-0.1, -0.05) is 6.07 Å². The molecule has 0 saturated carbocycles. The average Bonchev–Trinajstić information content (AvgIpc) is 3.43. The molecule has 2 fully saturated rings. The zero-order valence-electron chi connectivity index (χ0n) is 19.3. The number of anilines is 2. The summed E-state index contributed by atoms with van der Waals surface area (Å²) >= 11 is 0. The topological polar surface area (TPSA) is 89.9 Å². The molecule has 2 N–H and O–H groups in total. The van der Waals surface area contributed by atoms with Gasteiger partial charge in [-0.2, -0.15) is 0 Å². The van der Waals surface area contributed by atoms with Gasteiger partial charge in [-0.05, 0) is 43.8 Å². The van der Waals surface area contributed by atoms with Crippen LogP contribution in [0.3, 0.4) is 0 Å². The fraction of sp³-hybridized carbons (Fsp3) is 0.458. The minimum atomic E-state index is -0.719. The summed E-state index contributed by atoms with van der Waals surface area (Å²) in [6.07, 6.45) is 3.35. The highest BCUT2D eigenvalue weighted by molar-refractivity contribution is 6.39. The summed E-state index contributed by atoms with van der Waals surface area (Å²) in [5.41, 5.74) is 2.32. The van der Waals surface area contributed by atoms with Gasteiger partial charge in [-0.25, -0.2) is 0 Å². The molecule has 2 saturated heterocycles. The van der Waals surface area contributed by atoms with Gasteiger partial charge in [-0.15, -0.1) is 0 Å². The molecule has 0 bridgehead atoms. The van der Waals surface area contributed by atoms with Crippen LogP contribution >= 0.6 is 0 Å². The normalized spacial score (nSPS) is 18.4. The molecule has 0 radical (unpaired) electrons. The highest BCUT2D eigenvalue weighted by Gasteiger charge is 2.27. The highest BCUT2D eigenvalue weighted by atomic mass is 16.2. The first kappa shape index (κ1) is 23.0. The molecule has 176 valence electrons. The lowest BCUT2D eigenvalue weighted by atomic mass is 10.1. The van der Waals surface area contributed by atoms with Gasteiger partial charge in [-0.3, -0.25) is 19.3 Å². The molecule has 1 unspecified atom stereocenters. The number of rotatable bonds is 6. The maximum absolute atomic E-state index is 12.6. The Balaban J connectivity index is 1.38. The van der Waals surface area contributed by atoms with Crippen molar-refractivity contribution in [2.45, 2.75) is 18.9 Å². The molecular weight excluding hydrogens is 420 g/mol. The van der Waals surface area contributed by atoms with Gasteiger partial charge in [0, 0.05) is 76.0 Å². The van der Waals surface area contributed by atoms with Crippen LogP contribution in [0, 0.1) is 0 Å². The number of likely N-dealkylation sites (N-methyl/N-ethyl adjacent to an activating group) is 1. The van der Waals surface area contributed by atoms with E-state index in [1.807, 2.05) is 25.4 Å². The Bertz CT molecular complexity index is 1010. The predicted octanol–water partition coefficient (Wildman–Crippen LogP) is 1.20. The number of aromatic nitrogens is 1. The third kappa shape index (κ3) is 5.43. The van der Waals surface area contributed by atoms with E-state index < -0.39 is 11.8 Å². The summed E-state index contributed by atoms with van der Waals surface area (Å²) in [5, 5.41) is 5.48. The lowest BCUT2D eigenvalue weighted by Crippen LogP contribution is -2.49. The van der Waals surface area contributed by atoms with E-state index in [0.717, 1.165) is 44.0 Å². The monoisotopic (exact) mass is 452 g/mol. The molecule has 4 rings (SSSR count). The molecule has 1 atom stereocenters. The number of benzene rings is 1. The van der Waals surface area contributed by atoms with Crippen LogP contribution in [0.5, 0.6) is 0 Å². The molecule has 2 aromatic rings. The van der Waals surface area contributed by atoms with Crippen molar-refractivity contribution in [2.75, 3.05) is 56.5 Å². The molecule has 3 heterocycles. The number of carbonyl (C=O) groups excluding carboxylic acids is 3. The Labute approximate surface area is 194 Å². The Kier molecular flexibility index (Phi) is 7.10. The first-order valence-electron chi connectivity index (χ1n) is 11.5. The minimum absolute atomic E-state index is 0.0139. The Hall–Kier alpha value is -3.17. The van der Waals surface area contributed by atoms with Crippen molar-refractivity contribution in [2.24, 2.45) is 7.05 Å². The van der Waals surface area contributed by atoms with Gasteiger partial charge in [0.25, 0.3) is 0 Å². The first-order valence-corrected chi connectivity index (χ1v) is 11.5. The summed E-state index contributed by atoms with van der Waals surface area (Å²) in [6, 6.07) is 11.1. The van der Waals surface area contributed by atoms with Gasteiger partial charge < -0.3 is 25.0 Å². The largest absolute Gasteiger partial charge is 0.353 e. The van der Waals surface area contributed by atoms with Crippen LogP contribution in [-0.4, -0.2) is 78.4 Å². The van der Waals surface area contributed by atoms with Gasteiger partial charge >= 0.3 is 11.8 Å². The molecule has 9 nitrogen and oxygen atoms in total. The maximum atomic E-state index is 12.6. The molecule has 33 heavy (non-hydrogen) atoms. The van der Waals surface area contributed by atoms with Crippen LogP contribution < -0.4 is 15.5 Å². The second kappa shape index (κ2) is 10.2. The van der Waals surface area contributed by atoms with Crippen molar-refractivity contribution in [3.05, 3.63) is 48.3 Å². The molecular formula is C24H32N6O3. The fourth-order valence-corrected chi connectivity index (χ4v) is 4.51. The number of piperazine rings is 1. The number of hydrogen-bond acceptors (Lipinski definition) is 5. The van der Waals surface area contributed by atoms with Crippen molar-refractivity contribution in [1.82, 2.24) is 19.7 Å². The van der Waals surface area contributed by atoms with Crippen LogP contribution in [-0.2, 0) is 21.4 Å². The van der Waals surface area contributed by atoms with Crippen LogP contribution in [0.1, 0.15) is 24.6 Å². The molecule has 9 heteroatoms. The standard InChI is InChI=1S/C24H32N6O3/c1-27-12-14-29(15-13-27)21(20-8-4-10-28(20)2)17-25-23(32)24(33)26-18-6-3-7-19(16-18)30-11-5-9-22(30)31/h3-4,6-8,10,16,21H,5,9,11-15,17H2,1-2H3,(H,25,32)(H,26,33). The van der Waals surface area contributed by atoms with Crippen molar-refractivity contribution in [3.8, 4) is 0 Å². The Morgan fingerprint density at radius 1 is 1.00 bits per heavy atom.